The molecular formula is C11H13N5OS. The van der Waals surface area contributed by atoms with Gasteiger partial charge in [0.05, 0.1) is 30.1 Å². The zero-order valence-corrected chi connectivity index (χ0v) is 10.9. The number of anilines is 1. The van der Waals surface area contributed by atoms with E-state index >= 15 is 0 Å². The van der Waals surface area contributed by atoms with E-state index < -0.39 is 0 Å². The van der Waals surface area contributed by atoms with Gasteiger partial charge < -0.3 is 10.6 Å². The Kier molecular flexibility index (Phi) is 3.83. The Labute approximate surface area is 109 Å². The number of rotatable bonds is 4. The van der Waals surface area contributed by atoms with Crippen LogP contribution in [-0.2, 0) is 6.54 Å². The van der Waals surface area contributed by atoms with Crippen LogP contribution in [0.25, 0.3) is 0 Å². The highest BCUT2D eigenvalue weighted by Crippen LogP contribution is 2.11. The lowest BCUT2D eigenvalue weighted by atomic mass is 10.3. The molecule has 2 aromatic rings. The fourth-order valence-electron chi connectivity index (χ4n) is 1.32. The Balaban J connectivity index is 1.97. The molecule has 0 saturated heterocycles. The molecule has 0 aliphatic rings. The summed E-state index contributed by atoms with van der Waals surface area (Å²) in [5.41, 5.74) is 3.01. The maximum absolute atomic E-state index is 11.8. The van der Waals surface area contributed by atoms with Crippen molar-refractivity contribution >= 4 is 23.1 Å². The average Bonchev–Trinajstić information content (AvgIpc) is 2.81. The van der Waals surface area contributed by atoms with Gasteiger partial charge in [0.1, 0.15) is 11.5 Å². The molecule has 0 aromatic carbocycles. The largest absolute Gasteiger partial charge is 0.372 e. The number of nitrogens with zero attached hydrogens (tertiary/aromatic N) is 3. The number of carbonyl (C=O) groups is 1. The number of aromatic nitrogens is 3. The van der Waals surface area contributed by atoms with Crippen LogP contribution in [0.15, 0.2) is 17.9 Å². The molecule has 0 aliphatic carbocycles. The van der Waals surface area contributed by atoms with Gasteiger partial charge in [-0.05, 0) is 6.92 Å². The summed E-state index contributed by atoms with van der Waals surface area (Å²) < 4.78 is 0. The van der Waals surface area contributed by atoms with Crippen molar-refractivity contribution in [1.82, 2.24) is 20.3 Å². The van der Waals surface area contributed by atoms with Crippen LogP contribution in [0.5, 0.6) is 0 Å². The molecule has 2 heterocycles. The van der Waals surface area contributed by atoms with E-state index in [0.717, 1.165) is 10.6 Å². The van der Waals surface area contributed by atoms with Crippen molar-refractivity contribution in [2.24, 2.45) is 0 Å². The second-order valence-electron chi connectivity index (χ2n) is 3.58. The van der Waals surface area contributed by atoms with E-state index in [4.69, 9.17) is 0 Å². The number of nitrogens with one attached hydrogen (secondary N) is 2. The summed E-state index contributed by atoms with van der Waals surface area (Å²) in [5.74, 6) is 0.391. The lowest BCUT2D eigenvalue weighted by Crippen LogP contribution is -2.23. The molecule has 0 atom stereocenters. The molecule has 94 valence electrons. The highest BCUT2D eigenvalue weighted by atomic mass is 32.1. The van der Waals surface area contributed by atoms with Crippen molar-refractivity contribution in [1.29, 1.82) is 0 Å². The number of amides is 1. The smallest absolute Gasteiger partial charge is 0.271 e. The summed E-state index contributed by atoms with van der Waals surface area (Å²) in [6.07, 6.45) is 2.97. The maximum atomic E-state index is 11.8. The van der Waals surface area contributed by atoms with Gasteiger partial charge in [0, 0.05) is 11.9 Å². The molecule has 2 rings (SSSR count). The van der Waals surface area contributed by atoms with Crippen LogP contribution in [0, 0.1) is 6.92 Å². The minimum atomic E-state index is -0.238. The molecule has 0 bridgehead atoms. The van der Waals surface area contributed by atoms with Gasteiger partial charge in [0.25, 0.3) is 5.91 Å². The van der Waals surface area contributed by atoms with Crippen LogP contribution in [-0.4, -0.2) is 27.9 Å². The first-order chi connectivity index (χ1) is 8.70. The molecule has 2 aromatic heterocycles. The van der Waals surface area contributed by atoms with Gasteiger partial charge in [-0.3, -0.25) is 4.79 Å². The third-order valence-electron chi connectivity index (χ3n) is 2.39. The molecule has 7 heteroatoms. The first-order valence-corrected chi connectivity index (χ1v) is 6.25. The number of carbonyl (C=O) groups excluding carboxylic acids is 1. The fourth-order valence-corrected chi connectivity index (χ4v) is 2.04. The molecule has 1 amide bonds. The quantitative estimate of drug-likeness (QED) is 0.866. The molecule has 0 saturated carbocycles. The van der Waals surface area contributed by atoms with Crippen LogP contribution in [0.4, 0.5) is 5.82 Å². The van der Waals surface area contributed by atoms with Gasteiger partial charge in [-0.1, -0.05) is 0 Å². The van der Waals surface area contributed by atoms with E-state index in [1.165, 1.54) is 23.7 Å². The molecule has 0 aliphatic heterocycles. The first-order valence-electron chi connectivity index (χ1n) is 5.37. The van der Waals surface area contributed by atoms with Gasteiger partial charge in [0.15, 0.2) is 0 Å². The second kappa shape index (κ2) is 5.54. The predicted octanol–water partition coefficient (Wildman–Crippen LogP) is 1.21. The minimum Gasteiger partial charge on any atom is -0.372 e. The van der Waals surface area contributed by atoms with Gasteiger partial charge in [-0.25, -0.2) is 15.0 Å². The maximum Gasteiger partial charge on any atom is 0.271 e. The van der Waals surface area contributed by atoms with E-state index in [1.54, 1.807) is 12.6 Å². The standard InChI is InChI=1S/C11H13N5OS/c1-7-9(18-6-16-7)4-15-11(17)8-3-14-10(12-2)5-13-8/h3,5-6H,4H2,1-2H3,(H,12,14)(H,15,17). The second-order valence-corrected chi connectivity index (χ2v) is 4.52. The van der Waals surface area contributed by atoms with Crippen LogP contribution >= 0.6 is 11.3 Å². The molecule has 0 spiro atoms. The van der Waals surface area contributed by atoms with Crippen LogP contribution in [0.1, 0.15) is 21.1 Å². The third-order valence-corrected chi connectivity index (χ3v) is 3.33. The number of aryl methyl sites for hydroxylation is 1. The lowest BCUT2D eigenvalue weighted by Gasteiger charge is -2.04. The zero-order chi connectivity index (χ0) is 13.0. The van der Waals surface area contributed by atoms with E-state index in [1.807, 2.05) is 6.92 Å². The topological polar surface area (TPSA) is 79.8 Å². The van der Waals surface area contributed by atoms with Crippen LogP contribution in [0.3, 0.4) is 0 Å². The van der Waals surface area contributed by atoms with Gasteiger partial charge in [0.2, 0.25) is 0 Å². The van der Waals surface area contributed by atoms with Crippen molar-refractivity contribution in [3.05, 3.63) is 34.2 Å². The molecule has 0 unspecified atom stereocenters. The summed E-state index contributed by atoms with van der Waals surface area (Å²) in [4.78, 5) is 25.0. The third kappa shape index (κ3) is 2.80. The Bertz CT molecular complexity index is 537. The molecular weight excluding hydrogens is 250 g/mol. The molecule has 2 N–H and O–H groups in total. The number of hydrogen-bond acceptors (Lipinski definition) is 6. The van der Waals surface area contributed by atoms with E-state index in [-0.39, 0.29) is 5.91 Å². The zero-order valence-electron chi connectivity index (χ0n) is 10.1. The molecule has 18 heavy (non-hydrogen) atoms. The van der Waals surface area contributed by atoms with Crippen molar-refractivity contribution < 1.29 is 4.79 Å². The lowest BCUT2D eigenvalue weighted by molar-refractivity contribution is 0.0946. The van der Waals surface area contributed by atoms with E-state index in [9.17, 15) is 4.79 Å². The monoisotopic (exact) mass is 263 g/mol. The summed E-state index contributed by atoms with van der Waals surface area (Å²) in [6.45, 7) is 2.38. The predicted molar refractivity (Wildman–Crippen MR) is 69.6 cm³/mol. The Morgan fingerprint density at radius 1 is 1.33 bits per heavy atom. The Hall–Kier alpha value is -2.02. The first kappa shape index (κ1) is 12.4. The van der Waals surface area contributed by atoms with Crippen molar-refractivity contribution in [2.75, 3.05) is 12.4 Å². The average molecular weight is 263 g/mol. The minimum absolute atomic E-state index is 0.238. The summed E-state index contributed by atoms with van der Waals surface area (Å²) >= 11 is 1.52. The highest BCUT2D eigenvalue weighted by molar-refractivity contribution is 7.09. The van der Waals surface area contributed by atoms with E-state index in [0.29, 0.717) is 18.1 Å². The molecule has 0 fully saturated rings. The van der Waals surface area contributed by atoms with Gasteiger partial charge >= 0.3 is 0 Å². The SMILES string of the molecule is CNc1cnc(C(=O)NCc2scnc2C)cn1. The van der Waals surface area contributed by atoms with Crippen molar-refractivity contribution in [2.45, 2.75) is 13.5 Å². The summed E-state index contributed by atoms with van der Waals surface area (Å²) in [5, 5.41) is 5.63. The molecule has 6 nitrogen and oxygen atoms in total. The highest BCUT2D eigenvalue weighted by Gasteiger charge is 2.09. The summed E-state index contributed by atoms with van der Waals surface area (Å²) in [6, 6.07) is 0. The van der Waals surface area contributed by atoms with Crippen LogP contribution in [0.2, 0.25) is 0 Å². The Morgan fingerprint density at radius 3 is 2.72 bits per heavy atom. The molecule has 0 radical (unpaired) electrons. The van der Waals surface area contributed by atoms with Crippen LogP contribution < -0.4 is 10.6 Å². The summed E-state index contributed by atoms with van der Waals surface area (Å²) in [7, 11) is 1.75. The number of thiazole rings is 1. The fraction of sp³-hybridized carbons (Fsp3) is 0.273. The Morgan fingerprint density at radius 2 is 2.17 bits per heavy atom. The van der Waals surface area contributed by atoms with Crippen molar-refractivity contribution in [3.63, 3.8) is 0 Å². The van der Waals surface area contributed by atoms with Gasteiger partial charge in [-0.15, -0.1) is 11.3 Å². The van der Waals surface area contributed by atoms with Crippen molar-refractivity contribution in [3.8, 4) is 0 Å². The van der Waals surface area contributed by atoms with E-state index in [2.05, 4.69) is 25.6 Å². The normalized spacial score (nSPS) is 10.1. The van der Waals surface area contributed by atoms with Gasteiger partial charge in [-0.2, -0.15) is 0 Å². The number of hydrogen-bond donors (Lipinski definition) is 2.